The number of pyridine rings is 1. The highest BCUT2D eigenvalue weighted by Gasteiger charge is 2.12. The second-order valence-electron chi connectivity index (χ2n) is 5.57. The van der Waals surface area contributed by atoms with Crippen molar-refractivity contribution in [3.05, 3.63) is 34.2 Å². The Morgan fingerprint density at radius 1 is 1.32 bits per heavy atom. The van der Waals surface area contributed by atoms with Crippen LogP contribution in [0.1, 0.15) is 10.4 Å². The van der Waals surface area contributed by atoms with Crippen molar-refractivity contribution in [2.45, 2.75) is 32.4 Å². The molecule has 0 fully saturated rings. The molecule has 0 spiro atoms. The molecule has 0 bridgehead atoms. The highest BCUT2D eigenvalue weighted by atomic mass is 28.3. The average molecular weight is 283 g/mol. The molecule has 19 heavy (non-hydrogen) atoms. The van der Waals surface area contributed by atoms with Crippen LogP contribution in [0.25, 0.3) is 0 Å². The molecular formula is C13H21NO4Si. The topological polar surface area (TPSA) is 57.5 Å². The Bertz CT molecular complexity index is 490. The van der Waals surface area contributed by atoms with Crippen LogP contribution in [0, 0.1) is 0 Å². The van der Waals surface area contributed by atoms with Crippen LogP contribution in [-0.2, 0) is 16.2 Å². The summed E-state index contributed by atoms with van der Waals surface area (Å²) < 4.78 is 11.5. The minimum absolute atomic E-state index is 0.161. The van der Waals surface area contributed by atoms with Gasteiger partial charge in [0.2, 0.25) is 0 Å². The first kappa shape index (κ1) is 15.7. The summed E-state index contributed by atoms with van der Waals surface area (Å²) in [6.45, 7) is 7.58. The van der Waals surface area contributed by atoms with Crippen molar-refractivity contribution in [2.75, 3.05) is 13.7 Å². The van der Waals surface area contributed by atoms with Crippen LogP contribution < -0.4 is 5.56 Å². The monoisotopic (exact) mass is 283 g/mol. The summed E-state index contributed by atoms with van der Waals surface area (Å²) in [6.07, 6.45) is 1.46. The Labute approximate surface area is 114 Å². The van der Waals surface area contributed by atoms with Crippen molar-refractivity contribution >= 4 is 14.0 Å². The van der Waals surface area contributed by atoms with Gasteiger partial charge in [0.1, 0.15) is 6.73 Å². The summed E-state index contributed by atoms with van der Waals surface area (Å²) in [7, 11) is 0.178. The lowest BCUT2D eigenvalue weighted by Crippen LogP contribution is -2.25. The molecule has 0 radical (unpaired) electrons. The molecule has 0 saturated heterocycles. The average Bonchev–Trinajstić information content (AvgIpc) is 2.34. The zero-order chi connectivity index (χ0) is 14.5. The third-order valence-corrected chi connectivity index (χ3v) is 4.34. The second kappa shape index (κ2) is 6.67. The number of aromatic nitrogens is 1. The van der Waals surface area contributed by atoms with E-state index in [0.29, 0.717) is 12.2 Å². The third kappa shape index (κ3) is 5.40. The number of rotatable bonds is 6. The fraction of sp³-hybridized carbons (Fsp3) is 0.538. The summed E-state index contributed by atoms with van der Waals surface area (Å²) in [6, 6.07) is 3.83. The maximum absolute atomic E-state index is 11.6. The van der Waals surface area contributed by atoms with Crippen molar-refractivity contribution < 1.29 is 14.3 Å². The van der Waals surface area contributed by atoms with Gasteiger partial charge >= 0.3 is 5.97 Å². The maximum Gasteiger partial charge on any atom is 0.339 e. The molecule has 0 atom stereocenters. The van der Waals surface area contributed by atoms with Gasteiger partial charge in [0.05, 0.1) is 12.7 Å². The van der Waals surface area contributed by atoms with E-state index in [4.69, 9.17) is 4.74 Å². The molecule has 0 aromatic carbocycles. The van der Waals surface area contributed by atoms with Gasteiger partial charge in [0, 0.05) is 26.9 Å². The molecule has 106 valence electrons. The van der Waals surface area contributed by atoms with E-state index in [1.54, 1.807) is 0 Å². The number of nitrogens with zero attached hydrogens (tertiary/aromatic N) is 1. The van der Waals surface area contributed by atoms with Crippen LogP contribution in [0.2, 0.25) is 25.7 Å². The quantitative estimate of drug-likeness (QED) is 0.455. The van der Waals surface area contributed by atoms with Crippen LogP contribution in [0.15, 0.2) is 23.1 Å². The fourth-order valence-electron chi connectivity index (χ4n) is 1.41. The van der Waals surface area contributed by atoms with Gasteiger partial charge in [0.25, 0.3) is 5.56 Å². The van der Waals surface area contributed by atoms with Crippen LogP contribution in [0.4, 0.5) is 0 Å². The van der Waals surface area contributed by atoms with E-state index in [1.807, 2.05) is 0 Å². The van der Waals surface area contributed by atoms with E-state index >= 15 is 0 Å². The smallest absolute Gasteiger partial charge is 0.339 e. The highest BCUT2D eigenvalue weighted by molar-refractivity contribution is 6.76. The van der Waals surface area contributed by atoms with Gasteiger partial charge in [-0.1, -0.05) is 19.6 Å². The van der Waals surface area contributed by atoms with Gasteiger partial charge in [0.15, 0.2) is 0 Å². The molecule has 1 aromatic rings. The van der Waals surface area contributed by atoms with E-state index in [9.17, 15) is 9.59 Å². The predicted octanol–water partition coefficient (Wildman–Crippen LogP) is 1.95. The Balaban J connectivity index is 2.63. The molecule has 5 nitrogen and oxygen atoms in total. The predicted molar refractivity (Wildman–Crippen MR) is 76.1 cm³/mol. The second-order valence-corrected chi connectivity index (χ2v) is 11.2. The molecule has 0 saturated carbocycles. The minimum atomic E-state index is -1.13. The first-order chi connectivity index (χ1) is 8.83. The largest absolute Gasteiger partial charge is 0.465 e. The maximum atomic E-state index is 11.6. The molecule has 0 aliphatic heterocycles. The van der Waals surface area contributed by atoms with E-state index in [2.05, 4.69) is 24.4 Å². The molecule has 0 aliphatic rings. The van der Waals surface area contributed by atoms with Gasteiger partial charge in [-0.2, -0.15) is 0 Å². The molecule has 0 unspecified atom stereocenters. The highest BCUT2D eigenvalue weighted by Crippen LogP contribution is 2.07. The van der Waals surface area contributed by atoms with E-state index in [-0.39, 0.29) is 12.3 Å². The van der Waals surface area contributed by atoms with E-state index < -0.39 is 14.0 Å². The van der Waals surface area contributed by atoms with Gasteiger partial charge < -0.3 is 9.47 Å². The summed E-state index contributed by atoms with van der Waals surface area (Å²) >= 11 is 0. The molecule has 6 heteroatoms. The van der Waals surface area contributed by atoms with E-state index in [1.165, 1.54) is 30.0 Å². The Hall–Kier alpha value is -1.40. The molecular weight excluding hydrogens is 262 g/mol. The van der Waals surface area contributed by atoms with Gasteiger partial charge in [-0.25, -0.2) is 4.79 Å². The fourth-order valence-corrected chi connectivity index (χ4v) is 2.17. The number of hydrogen-bond donors (Lipinski definition) is 0. The molecule has 0 amide bonds. The van der Waals surface area contributed by atoms with Crippen molar-refractivity contribution in [3.8, 4) is 0 Å². The Morgan fingerprint density at radius 3 is 2.58 bits per heavy atom. The van der Waals surface area contributed by atoms with E-state index in [0.717, 1.165) is 6.04 Å². The minimum Gasteiger partial charge on any atom is -0.465 e. The molecule has 1 rings (SSSR count). The summed E-state index contributed by atoms with van der Waals surface area (Å²) in [5.74, 6) is -0.462. The number of ether oxygens (including phenoxy) is 2. The van der Waals surface area contributed by atoms with Crippen LogP contribution >= 0.6 is 0 Å². The van der Waals surface area contributed by atoms with Gasteiger partial charge in [-0.05, 0) is 12.1 Å². The standard InChI is InChI=1S/C13H21NO4Si/c1-17-13(16)11-5-6-12(15)14(9-11)10-18-7-8-19(2,3)4/h5-6,9H,7-8,10H2,1-4H3. The number of carbonyl (C=O) groups excluding carboxylic acids is 1. The third-order valence-electron chi connectivity index (χ3n) is 2.63. The lowest BCUT2D eigenvalue weighted by molar-refractivity contribution is 0.0595. The zero-order valence-corrected chi connectivity index (χ0v) is 12.9. The van der Waals surface area contributed by atoms with Crippen LogP contribution in [0.3, 0.4) is 0 Å². The lowest BCUT2D eigenvalue weighted by Gasteiger charge is -2.15. The van der Waals surface area contributed by atoms with Gasteiger partial charge in [-0.3, -0.25) is 9.36 Å². The Morgan fingerprint density at radius 2 is 2.00 bits per heavy atom. The first-order valence-corrected chi connectivity index (χ1v) is 9.91. The molecule has 1 aromatic heterocycles. The number of hydrogen-bond acceptors (Lipinski definition) is 4. The lowest BCUT2D eigenvalue weighted by atomic mass is 10.3. The van der Waals surface area contributed by atoms with Crippen LogP contribution in [0.5, 0.6) is 0 Å². The molecule has 0 aliphatic carbocycles. The SMILES string of the molecule is COC(=O)c1ccc(=O)n(COCC[Si](C)(C)C)c1. The van der Waals surface area contributed by atoms with Crippen LogP contribution in [-0.4, -0.2) is 32.3 Å². The first-order valence-electron chi connectivity index (χ1n) is 6.20. The normalized spacial score (nSPS) is 11.4. The van der Waals surface area contributed by atoms with Crippen molar-refractivity contribution in [2.24, 2.45) is 0 Å². The van der Waals surface area contributed by atoms with Crippen molar-refractivity contribution in [1.29, 1.82) is 0 Å². The number of methoxy groups -OCH3 is 1. The molecule has 1 heterocycles. The van der Waals surface area contributed by atoms with Crippen molar-refractivity contribution in [3.63, 3.8) is 0 Å². The van der Waals surface area contributed by atoms with Gasteiger partial charge in [-0.15, -0.1) is 0 Å². The zero-order valence-electron chi connectivity index (χ0n) is 11.9. The summed E-state index contributed by atoms with van der Waals surface area (Å²) in [5.41, 5.74) is 0.150. The van der Waals surface area contributed by atoms with Crippen molar-refractivity contribution in [1.82, 2.24) is 4.57 Å². The number of esters is 1. The molecule has 0 N–H and O–H groups in total. The summed E-state index contributed by atoms with van der Waals surface area (Å²) in [5, 5.41) is 0. The Kier molecular flexibility index (Phi) is 5.50. The number of carbonyl (C=O) groups is 1. The summed E-state index contributed by atoms with van der Waals surface area (Å²) in [4.78, 5) is 23.0.